The molecule has 0 unspecified atom stereocenters. The summed E-state index contributed by atoms with van der Waals surface area (Å²) in [5.74, 6) is 0.325. The highest BCUT2D eigenvalue weighted by Crippen LogP contribution is 2.27. The molecule has 0 bridgehead atoms. The normalized spacial score (nSPS) is 19.0. The Bertz CT molecular complexity index is 823. The lowest BCUT2D eigenvalue weighted by atomic mass is 10.1. The molecule has 2 fully saturated rings. The Morgan fingerprint density at radius 1 is 1.07 bits per heavy atom. The van der Waals surface area contributed by atoms with Crippen LogP contribution in [-0.4, -0.2) is 86.8 Å². The van der Waals surface area contributed by atoms with E-state index < -0.39 is 10.0 Å². The molecule has 0 aromatic carbocycles. The second kappa shape index (κ2) is 9.55. The lowest BCUT2D eigenvalue weighted by Crippen LogP contribution is -2.50. The van der Waals surface area contributed by atoms with Crippen molar-refractivity contribution in [3.8, 4) is 0 Å². The zero-order valence-electron chi connectivity index (χ0n) is 17.0. The highest BCUT2D eigenvalue weighted by molar-refractivity contribution is 7.89. The third-order valence-corrected chi connectivity index (χ3v) is 8.24. The van der Waals surface area contributed by atoms with Gasteiger partial charge in [0.25, 0.3) is 5.91 Å². The fourth-order valence-corrected chi connectivity index (χ4v) is 6.23. The third kappa shape index (κ3) is 5.17. The third-order valence-electron chi connectivity index (χ3n) is 5.27. The van der Waals surface area contributed by atoms with Crippen LogP contribution in [0.3, 0.4) is 0 Å². The molecule has 1 aromatic rings. The summed E-state index contributed by atoms with van der Waals surface area (Å²) in [5.41, 5.74) is 0. The second-order valence-electron chi connectivity index (χ2n) is 7.74. The molecule has 162 valence electrons. The maximum absolute atomic E-state index is 13.0. The van der Waals surface area contributed by atoms with Crippen molar-refractivity contribution in [2.45, 2.75) is 31.6 Å². The molecule has 2 saturated heterocycles. The molecule has 0 N–H and O–H groups in total. The van der Waals surface area contributed by atoms with E-state index in [4.69, 9.17) is 4.74 Å². The van der Waals surface area contributed by atoms with Gasteiger partial charge in [0.1, 0.15) is 9.77 Å². The summed E-state index contributed by atoms with van der Waals surface area (Å²) >= 11 is 1.15. The number of sulfonamides is 1. The number of carbonyl (C=O) groups excluding carboxylic acids is 2. The molecule has 2 aliphatic heterocycles. The zero-order valence-corrected chi connectivity index (χ0v) is 18.6. The molecular formula is C19H29N3O5S2. The second-order valence-corrected chi connectivity index (χ2v) is 10.6. The van der Waals surface area contributed by atoms with Gasteiger partial charge in [-0.3, -0.25) is 9.59 Å². The number of nitrogens with zero attached hydrogens (tertiary/aromatic N) is 3. The van der Waals surface area contributed by atoms with Crippen molar-refractivity contribution in [2.75, 3.05) is 52.5 Å². The number of rotatable bonds is 6. The average molecular weight is 444 g/mol. The van der Waals surface area contributed by atoms with E-state index in [1.807, 2.05) is 0 Å². The summed E-state index contributed by atoms with van der Waals surface area (Å²) in [6.45, 7) is 7.30. The fraction of sp³-hybridized carbons (Fsp3) is 0.684. The van der Waals surface area contributed by atoms with Gasteiger partial charge in [-0.1, -0.05) is 13.8 Å². The molecule has 3 rings (SSSR count). The molecule has 1 aromatic heterocycles. The summed E-state index contributed by atoms with van der Waals surface area (Å²) in [7, 11) is -3.72. The van der Waals surface area contributed by atoms with E-state index in [0.717, 1.165) is 17.8 Å². The Kier molecular flexibility index (Phi) is 7.31. The van der Waals surface area contributed by atoms with Gasteiger partial charge in [-0.2, -0.15) is 4.31 Å². The molecule has 2 aliphatic rings. The molecule has 0 radical (unpaired) electrons. The number of amides is 2. The molecule has 10 heteroatoms. The van der Waals surface area contributed by atoms with E-state index in [-0.39, 0.29) is 21.6 Å². The highest BCUT2D eigenvalue weighted by atomic mass is 32.2. The van der Waals surface area contributed by atoms with Crippen molar-refractivity contribution in [2.24, 2.45) is 5.92 Å². The van der Waals surface area contributed by atoms with Crippen LogP contribution in [0.1, 0.15) is 36.4 Å². The monoisotopic (exact) mass is 443 g/mol. The van der Waals surface area contributed by atoms with Gasteiger partial charge in [-0.15, -0.1) is 11.3 Å². The molecular weight excluding hydrogens is 414 g/mol. The largest absolute Gasteiger partial charge is 0.379 e. The van der Waals surface area contributed by atoms with Crippen molar-refractivity contribution >= 4 is 33.2 Å². The summed E-state index contributed by atoms with van der Waals surface area (Å²) in [4.78, 5) is 29.1. The highest BCUT2D eigenvalue weighted by Gasteiger charge is 2.33. The lowest BCUT2D eigenvalue weighted by Gasteiger charge is -2.35. The minimum absolute atomic E-state index is 0.0739. The number of thiophene rings is 1. The van der Waals surface area contributed by atoms with Gasteiger partial charge in [-0.25, -0.2) is 8.42 Å². The Morgan fingerprint density at radius 3 is 2.31 bits per heavy atom. The first-order chi connectivity index (χ1) is 13.8. The predicted octanol–water partition coefficient (Wildman–Crippen LogP) is 1.49. The van der Waals surface area contributed by atoms with Crippen molar-refractivity contribution in [3.05, 3.63) is 16.3 Å². The van der Waals surface area contributed by atoms with E-state index in [1.165, 1.54) is 10.4 Å². The number of carbonyl (C=O) groups is 2. The summed E-state index contributed by atoms with van der Waals surface area (Å²) in [6.07, 6.45) is 1.38. The van der Waals surface area contributed by atoms with Gasteiger partial charge < -0.3 is 14.5 Å². The van der Waals surface area contributed by atoms with Crippen LogP contribution in [0.4, 0.5) is 0 Å². The first-order valence-electron chi connectivity index (χ1n) is 10.0. The molecule has 0 spiro atoms. The number of hydrogen-bond acceptors (Lipinski definition) is 6. The molecule has 0 aliphatic carbocycles. The van der Waals surface area contributed by atoms with Crippen molar-refractivity contribution < 1.29 is 22.7 Å². The first-order valence-corrected chi connectivity index (χ1v) is 12.3. The fourth-order valence-electron chi connectivity index (χ4n) is 3.46. The Labute approximate surface area is 176 Å². The minimum Gasteiger partial charge on any atom is -0.379 e. The average Bonchev–Trinajstić information content (AvgIpc) is 3.23. The van der Waals surface area contributed by atoms with Crippen LogP contribution in [0.5, 0.6) is 0 Å². The van der Waals surface area contributed by atoms with Gasteiger partial charge in [0.05, 0.1) is 13.2 Å². The quantitative estimate of drug-likeness (QED) is 0.665. The van der Waals surface area contributed by atoms with E-state index >= 15 is 0 Å². The molecule has 0 atom stereocenters. The number of piperazine rings is 1. The van der Waals surface area contributed by atoms with Crippen LogP contribution >= 0.6 is 11.3 Å². The minimum atomic E-state index is -3.72. The molecule has 3 heterocycles. The van der Waals surface area contributed by atoms with E-state index in [9.17, 15) is 18.0 Å². The van der Waals surface area contributed by atoms with E-state index in [2.05, 4.69) is 13.8 Å². The first kappa shape index (κ1) is 22.2. The zero-order chi connectivity index (χ0) is 21.0. The maximum Gasteiger partial charge on any atom is 0.265 e. The number of ether oxygens (including phenoxy) is 1. The van der Waals surface area contributed by atoms with E-state index in [1.54, 1.807) is 15.2 Å². The van der Waals surface area contributed by atoms with Crippen molar-refractivity contribution in [1.29, 1.82) is 0 Å². The van der Waals surface area contributed by atoms with Crippen LogP contribution in [0, 0.1) is 5.92 Å². The standard InChI is InChI=1S/C19H29N3O5S2/c1-15(2)3-4-17(23)20-6-8-21(9-7-20)19(24)18-16(5-14-28-18)29(25,26)22-10-12-27-13-11-22/h5,14-15H,3-4,6-13H2,1-2H3. The van der Waals surface area contributed by atoms with Gasteiger partial charge in [-0.05, 0) is 23.8 Å². The molecule has 8 nitrogen and oxygen atoms in total. The lowest BCUT2D eigenvalue weighted by molar-refractivity contribution is -0.132. The van der Waals surface area contributed by atoms with Crippen LogP contribution in [-0.2, 0) is 19.6 Å². The van der Waals surface area contributed by atoms with Gasteiger partial charge >= 0.3 is 0 Å². The molecule has 0 saturated carbocycles. The predicted molar refractivity (Wildman–Crippen MR) is 110 cm³/mol. The Hall–Kier alpha value is -1.49. The van der Waals surface area contributed by atoms with Crippen LogP contribution in [0.2, 0.25) is 0 Å². The molecule has 29 heavy (non-hydrogen) atoms. The summed E-state index contributed by atoms with van der Waals surface area (Å²) in [5, 5.41) is 1.65. The Balaban J connectivity index is 1.64. The maximum atomic E-state index is 13.0. The van der Waals surface area contributed by atoms with Gasteiger partial charge in [0, 0.05) is 45.7 Å². The van der Waals surface area contributed by atoms with Crippen molar-refractivity contribution in [3.63, 3.8) is 0 Å². The van der Waals surface area contributed by atoms with E-state index in [0.29, 0.717) is 64.8 Å². The number of hydrogen-bond donors (Lipinski definition) is 0. The number of morpholine rings is 1. The van der Waals surface area contributed by atoms with Gasteiger partial charge in [0.2, 0.25) is 15.9 Å². The summed E-state index contributed by atoms with van der Waals surface area (Å²) in [6, 6.07) is 1.51. The van der Waals surface area contributed by atoms with Crippen LogP contribution in [0.25, 0.3) is 0 Å². The SMILES string of the molecule is CC(C)CCC(=O)N1CCN(C(=O)c2sccc2S(=O)(=O)N2CCOCC2)CC1. The van der Waals surface area contributed by atoms with Gasteiger partial charge in [0.15, 0.2) is 0 Å². The van der Waals surface area contributed by atoms with Crippen LogP contribution in [0.15, 0.2) is 16.3 Å². The summed E-state index contributed by atoms with van der Waals surface area (Å²) < 4.78 is 32.6. The smallest absolute Gasteiger partial charge is 0.265 e. The Morgan fingerprint density at radius 2 is 1.69 bits per heavy atom. The van der Waals surface area contributed by atoms with Crippen LogP contribution < -0.4 is 0 Å². The topological polar surface area (TPSA) is 87.2 Å². The molecule has 2 amide bonds. The van der Waals surface area contributed by atoms with Crippen molar-refractivity contribution in [1.82, 2.24) is 14.1 Å².